The molecule has 0 saturated carbocycles. The Kier molecular flexibility index (Phi) is 4.74. The number of hydrogen-bond acceptors (Lipinski definition) is 4. The smallest absolute Gasteiger partial charge is 0.354 e. The molecule has 1 saturated heterocycles. The van der Waals surface area contributed by atoms with Gasteiger partial charge in [-0.05, 0) is 24.0 Å². The molecule has 2 atom stereocenters. The minimum atomic E-state index is -1.08. The van der Waals surface area contributed by atoms with Gasteiger partial charge in [0.25, 0.3) is 0 Å². The highest BCUT2D eigenvalue weighted by Crippen LogP contribution is 2.23. The zero-order valence-corrected chi connectivity index (χ0v) is 11.8. The van der Waals surface area contributed by atoms with Crippen molar-refractivity contribution in [3.8, 4) is 0 Å². The van der Waals surface area contributed by atoms with E-state index < -0.39 is 5.97 Å². The summed E-state index contributed by atoms with van der Waals surface area (Å²) in [6.45, 7) is 2.88. The number of carbonyl (C=O) groups is 2. The number of rotatable bonds is 4. The van der Waals surface area contributed by atoms with Gasteiger partial charge in [0.15, 0.2) is 0 Å². The van der Waals surface area contributed by atoms with Crippen LogP contribution in [-0.4, -0.2) is 51.3 Å². The van der Waals surface area contributed by atoms with E-state index in [4.69, 9.17) is 5.11 Å². The van der Waals surface area contributed by atoms with E-state index >= 15 is 0 Å². The first-order valence-corrected chi connectivity index (χ1v) is 6.86. The number of nitrogens with one attached hydrogen (secondary N) is 1. The highest BCUT2D eigenvalue weighted by Gasteiger charge is 2.33. The molecule has 3 N–H and O–H groups in total. The summed E-state index contributed by atoms with van der Waals surface area (Å²) in [5.74, 6) is -0.792. The lowest BCUT2D eigenvalue weighted by Crippen LogP contribution is -2.45. The van der Waals surface area contributed by atoms with E-state index in [-0.39, 0.29) is 36.8 Å². The maximum atomic E-state index is 12.1. The van der Waals surface area contributed by atoms with Gasteiger partial charge >= 0.3 is 12.0 Å². The van der Waals surface area contributed by atoms with Crippen molar-refractivity contribution in [2.45, 2.75) is 25.9 Å². The fourth-order valence-corrected chi connectivity index (χ4v) is 2.47. The molecule has 0 spiro atoms. The van der Waals surface area contributed by atoms with Gasteiger partial charge < -0.3 is 20.4 Å². The molecule has 1 aliphatic rings. The Bertz CT molecular complexity index is 517. The predicted octanol–water partition coefficient (Wildman–Crippen LogP) is 0.692. The number of nitrogens with zero attached hydrogens (tertiary/aromatic N) is 2. The third kappa shape index (κ3) is 3.49. The number of carboxylic acid groups (broad SMARTS) is 1. The van der Waals surface area contributed by atoms with E-state index in [1.54, 1.807) is 11.0 Å². The summed E-state index contributed by atoms with van der Waals surface area (Å²) in [5.41, 5.74) is 0.694. The van der Waals surface area contributed by atoms with E-state index in [9.17, 15) is 14.7 Å². The second-order valence-corrected chi connectivity index (χ2v) is 5.22. The van der Waals surface area contributed by atoms with E-state index in [1.165, 1.54) is 12.3 Å². The number of urea groups is 1. The van der Waals surface area contributed by atoms with Crippen LogP contribution in [0.15, 0.2) is 18.3 Å². The highest BCUT2D eigenvalue weighted by molar-refractivity contribution is 5.85. The van der Waals surface area contributed by atoms with Crippen LogP contribution in [0.25, 0.3) is 0 Å². The van der Waals surface area contributed by atoms with Crippen molar-refractivity contribution in [2.24, 2.45) is 5.92 Å². The van der Waals surface area contributed by atoms with E-state index in [2.05, 4.69) is 10.3 Å². The van der Waals surface area contributed by atoms with Crippen molar-refractivity contribution >= 4 is 12.0 Å². The molecule has 1 aromatic rings. The summed E-state index contributed by atoms with van der Waals surface area (Å²) in [7, 11) is 0. The van der Waals surface area contributed by atoms with Gasteiger partial charge in [-0.2, -0.15) is 0 Å². The fraction of sp³-hybridized carbons (Fsp3) is 0.500. The lowest BCUT2D eigenvalue weighted by atomic mass is 10.0. The molecular weight excluding hydrogens is 274 g/mol. The number of carbonyl (C=O) groups excluding carboxylic acids is 1. The molecule has 0 bridgehead atoms. The van der Waals surface area contributed by atoms with E-state index in [0.29, 0.717) is 6.54 Å². The van der Waals surface area contributed by atoms with Crippen LogP contribution in [0.1, 0.15) is 29.4 Å². The van der Waals surface area contributed by atoms with Gasteiger partial charge in [0, 0.05) is 19.3 Å². The van der Waals surface area contributed by atoms with Crippen LogP contribution in [0, 0.1) is 5.92 Å². The molecular formula is C14H19N3O4. The normalized spacial score (nSPS) is 21.3. The number of aliphatic hydroxyl groups is 1. The van der Waals surface area contributed by atoms with Crippen molar-refractivity contribution in [1.82, 2.24) is 15.2 Å². The Balaban J connectivity index is 1.90. The number of aromatic carboxylic acids is 1. The zero-order chi connectivity index (χ0) is 15.4. The Labute approximate surface area is 122 Å². The predicted molar refractivity (Wildman–Crippen MR) is 74.8 cm³/mol. The molecule has 2 unspecified atom stereocenters. The highest BCUT2D eigenvalue weighted by atomic mass is 16.4. The second-order valence-electron chi connectivity index (χ2n) is 5.22. The summed E-state index contributed by atoms with van der Waals surface area (Å²) in [6.07, 6.45) is 2.31. The van der Waals surface area contributed by atoms with Crippen LogP contribution >= 0.6 is 0 Å². The van der Waals surface area contributed by atoms with Crippen molar-refractivity contribution in [1.29, 1.82) is 0 Å². The molecule has 2 amide bonds. The SMILES string of the molecule is CC1CCN(C(=O)NCc2ccc(C(=O)O)nc2)C1CO. The molecule has 1 aliphatic heterocycles. The van der Waals surface area contributed by atoms with Crippen LogP contribution in [0.3, 0.4) is 0 Å². The molecule has 0 aliphatic carbocycles. The van der Waals surface area contributed by atoms with Crippen LogP contribution in [-0.2, 0) is 6.54 Å². The minimum absolute atomic E-state index is 0.0289. The Morgan fingerprint density at radius 3 is 2.81 bits per heavy atom. The van der Waals surface area contributed by atoms with Gasteiger partial charge in [0.2, 0.25) is 0 Å². The third-order valence-corrected chi connectivity index (χ3v) is 3.82. The molecule has 2 heterocycles. The number of amides is 2. The van der Waals surface area contributed by atoms with Gasteiger partial charge in [-0.3, -0.25) is 0 Å². The summed E-state index contributed by atoms with van der Waals surface area (Å²) < 4.78 is 0. The van der Waals surface area contributed by atoms with Crippen LogP contribution < -0.4 is 5.32 Å². The second kappa shape index (κ2) is 6.53. The molecule has 1 fully saturated rings. The number of aromatic nitrogens is 1. The Morgan fingerprint density at radius 2 is 2.24 bits per heavy atom. The standard InChI is InChI=1S/C14H19N3O4/c1-9-4-5-17(12(9)8-18)14(21)16-7-10-2-3-11(13(19)20)15-6-10/h2-3,6,9,12,18H,4-5,7-8H2,1H3,(H,16,21)(H,19,20). The molecule has 0 radical (unpaired) electrons. The quantitative estimate of drug-likeness (QED) is 0.758. The van der Waals surface area contributed by atoms with Crippen molar-refractivity contribution in [3.63, 3.8) is 0 Å². The zero-order valence-electron chi connectivity index (χ0n) is 11.8. The lowest BCUT2D eigenvalue weighted by Gasteiger charge is -2.25. The summed E-state index contributed by atoms with van der Waals surface area (Å²) in [4.78, 5) is 28.2. The van der Waals surface area contributed by atoms with E-state index in [1.807, 2.05) is 6.92 Å². The van der Waals surface area contributed by atoms with Gasteiger partial charge in [-0.1, -0.05) is 13.0 Å². The number of hydrogen-bond donors (Lipinski definition) is 3. The van der Waals surface area contributed by atoms with Crippen LogP contribution in [0.2, 0.25) is 0 Å². The van der Waals surface area contributed by atoms with Crippen LogP contribution in [0.4, 0.5) is 4.79 Å². The van der Waals surface area contributed by atoms with Crippen molar-refractivity contribution < 1.29 is 19.8 Å². The number of aliphatic hydroxyl groups excluding tert-OH is 1. The summed E-state index contributed by atoms with van der Waals surface area (Å²) in [5, 5.41) is 20.9. The average molecular weight is 293 g/mol. The molecule has 7 nitrogen and oxygen atoms in total. The maximum absolute atomic E-state index is 12.1. The van der Waals surface area contributed by atoms with Crippen LogP contribution in [0.5, 0.6) is 0 Å². The molecule has 7 heteroatoms. The van der Waals surface area contributed by atoms with E-state index in [0.717, 1.165) is 12.0 Å². The average Bonchev–Trinajstić information content (AvgIpc) is 2.86. The minimum Gasteiger partial charge on any atom is -0.477 e. The monoisotopic (exact) mass is 293 g/mol. The number of carboxylic acids is 1. The lowest BCUT2D eigenvalue weighted by molar-refractivity contribution is 0.0690. The number of pyridine rings is 1. The molecule has 21 heavy (non-hydrogen) atoms. The first-order chi connectivity index (χ1) is 10.0. The number of likely N-dealkylation sites (tertiary alicyclic amines) is 1. The maximum Gasteiger partial charge on any atom is 0.354 e. The summed E-state index contributed by atoms with van der Waals surface area (Å²) in [6, 6.07) is 2.66. The summed E-state index contributed by atoms with van der Waals surface area (Å²) >= 11 is 0. The van der Waals surface area contributed by atoms with Crippen molar-refractivity contribution in [3.05, 3.63) is 29.6 Å². The largest absolute Gasteiger partial charge is 0.477 e. The van der Waals surface area contributed by atoms with Crippen molar-refractivity contribution in [2.75, 3.05) is 13.2 Å². The Morgan fingerprint density at radius 1 is 1.48 bits per heavy atom. The molecule has 114 valence electrons. The molecule has 2 rings (SSSR count). The molecule has 1 aromatic heterocycles. The van der Waals surface area contributed by atoms with Gasteiger partial charge in [-0.15, -0.1) is 0 Å². The van der Waals surface area contributed by atoms with Gasteiger partial charge in [-0.25, -0.2) is 14.6 Å². The Hall–Kier alpha value is -2.15. The first kappa shape index (κ1) is 15.2. The third-order valence-electron chi connectivity index (χ3n) is 3.82. The first-order valence-electron chi connectivity index (χ1n) is 6.86. The van der Waals surface area contributed by atoms with Gasteiger partial charge in [0.05, 0.1) is 12.6 Å². The van der Waals surface area contributed by atoms with Gasteiger partial charge in [0.1, 0.15) is 5.69 Å². The fourth-order valence-electron chi connectivity index (χ4n) is 2.47. The topological polar surface area (TPSA) is 103 Å². The molecule has 0 aromatic carbocycles.